The standard InChI is InChI=1S/C68H104O6/c1-4-7-10-13-16-19-22-25-27-29-31-33-34-36-37-39-41-43-46-49-52-55-58-61-67(70)73-64-65(63-72-66(69)60-57-54-51-48-45-24-21-18-15-12-9-6-3)74-68(71)62-59-56-53-50-47-44-42-40-38-35-32-30-28-26-23-20-17-14-11-8-5-2/h7-8,10-11,16-21,25-28,31-33,35-37,40-43,47,49-50,52,65H,4-6,9,12-15,22-24,29-30,34,38-39,44-46,48,51,53-64H2,1-3H3/b10-7-,11-8-,19-16-,20-17-,21-18-,27-25-,28-26-,33-31-,35-32-,37-36-,42-40-,43-41-,50-47-,52-49-. The molecule has 1 unspecified atom stereocenters. The highest BCUT2D eigenvalue weighted by Gasteiger charge is 2.19. The Morgan fingerprint density at radius 2 is 0.541 bits per heavy atom. The van der Waals surface area contributed by atoms with Gasteiger partial charge in [-0.15, -0.1) is 0 Å². The SMILES string of the molecule is CC/C=C\C/C=C\C/C=C\C/C=C\C/C=C\C/C=C\C/C=C\CCCC(=O)OCC(COC(=O)CCCCCCC/C=C\CCCCC)OC(=O)CCCC/C=C\C/C=C\C/C=C\C/C=C\C/C=C\C/C=C\CC. The molecule has 412 valence electrons. The first-order chi connectivity index (χ1) is 36.5. The first-order valence-corrected chi connectivity index (χ1v) is 29.1. The third-order valence-electron chi connectivity index (χ3n) is 11.4. The molecule has 0 saturated heterocycles. The van der Waals surface area contributed by atoms with E-state index in [0.29, 0.717) is 19.3 Å². The van der Waals surface area contributed by atoms with Gasteiger partial charge in [0.25, 0.3) is 0 Å². The average molecular weight is 1020 g/mol. The monoisotopic (exact) mass is 1020 g/mol. The molecule has 0 N–H and O–H groups in total. The lowest BCUT2D eigenvalue weighted by atomic mass is 10.1. The van der Waals surface area contributed by atoms with Crippen molar-refractivity contribution in [2.24, 2.45) is 0 Å². The zero-order valence-electron chi connectivity index (χ0n) is 47.0. The van der Waals surface area contributed by atoms with Gasteiger partial charge in [0.2, 0.25) is 0 Å². The van der Waals surface area contributed by atoms with Gasteiger partial charge in [0.15, 0.2) is 6.10 Å². The summed E-state index contributed by atoms with van der Waals surface area (Å²) in [6.07, 6.45) is 89.2. The summed E-state index contributed by atoms with van der Waals surface area (Å²) in [4.78, 5) is 38.1. The molecule has 0 amide bonds. The van der Waals surface area contributed by atoms with Crippen molar-refractivity contribution < 1.29 is 28.6 Å². The van der Waals surface area contributed by atoms with Crippen molar-refractivity contribution in [2.45, 2.75) is 226 Å². The topological polar surface area (TPSA) is 78.9 Å². The van der Waals surface area contributed by atoms with Crippen molar-refractivity contribution in [3.8, 4) is 0 Å². The van der Waals surface area contributed by atoms with E-state index >= 15 is 0 Å². The summed E-state index contributed by atoms with van der Waals surface area (Å²) >= 11 is 0. The van der Waals surface area contributed by atoms with Crippen LogP contribution in [0.15, 0.2) is 170 Å². The van der Waals surface area contributed by atoms with E-state index in [-0.39, 0.29) is 44.0 Å². The maximum atomic E-state index is 12.9. The third-order valence-corrected chi connectivity index (χ3v) is 11.4. The van der Waals surface area contributed by atoms with Crippen LogP contribution in [0.5, 0.6) is 0 Å². The van der Waals surface area contributed by atoms with Crippen LogP contribution < -0.4 is 0 Å². The predicted molar refractivity (Wildman–Crippen MR) is 320 cm³/mol. The Bertz CT molecular complexity index is 1740. The van der Waals surface area contributed by atoms with E-state index in [1.807, 2.05) is 0 Å². The number of esters is 3. The van der Waals surface area contributed by atoms with E-state index < -0.39 is 6.10 Å². The van der Waals surface area contributed by atoms with Crippen molar-refractivity contribution >= 4 is 17.9 Å². The molecule has 0 aromatic carbocycles. The maximum absolute atomic E-state index is 12.9. The van der Waals surface area contributed by atoms with Crippen molar-refractivity contribution in [2.75, 3.05) is 13.2 Å². The highest BCUT2D eigenvalue weighted by atomic mass is 16.6. The molecule has 0 saturated carbocycles. The summed E-state index contributed by atoms with van der Waals surface area (Å²) in [7, 11) is 0. The second-order valence-electron chi connectivity index (χ2n) is 18.4. The highest BCUT2D eigenvalue weighted by Crippen LogP contribution is 2.12. The van der Waals surface area contributed by atoms with Gasteiger partial charge in [0.05, 0.1) is 0 Å². The first kappa shape index (κ1) is 68.8. The molecule has 0 rings (SSSR count). The molecule has 0 spiro atoms. The molecule has 1 atom stereocenters. The molecular weight excluding hydrogens is 913 g/mol. The minimum absolute atomic E-state index is 0.127. The van der Waals surface area contributed by atoms with Gasteiger partial charge in [0.1, 0.15) is 13.2 Å². The van der Waals surface area contributed by atoms with Gasteiger partial charge >= 0.3 is 17.9 Å². The van der Waals surface area contributed by atoms with E-state index in [0.717, 1.165) is 135 Å². The minimum atomic E-state index is -0.838. The van der Waals surface area contributed by atoms with Gasteiger partial charge < -0.3 is 14.2 Å². The van der Waals surface area contributed by atoms with Gasteiger partial charge in [0, 0.05) is 19.3 Å². The number of allylic oxidation sites excluding steroid dienone is 28. The van der Waals surface area contributed by atoms with Crippen LogP contribution in [0.4, 0.5) is 0 Å². The average Bonchev–Trinajstić information content (AvgIpc) is 3.40. The number of hydrogen-bond donors (Lipinski definition) is 0. The Labute approximate surface area is 453 Å². The van der Waals surface area contributed by atoms with Crippen molar-refractivity contribution in [1.82, 2.24) is 0 Å². The van der Waals surface area contributed by atoms with Crippen LogP contribution in [0.3, 0.4) is 0 Å². The normalized spacial score (nSPS) is 13.4. The maximum Gasteiger partial charge on any atom is 0.306 e. The molecule has 74 heavy (non-hydrogen) atoms. The second kappa shape index (κ2) is 60.3. The summed E-state index contributed by atoms with van der Waals surface area (Å²) in [5.41, 5.74) is 0. The summed E-state index contributed by atoms with van der Waals surface area (Å²) in [5, 5.41) is 0. The van der Waals surface area contributed by atoms with Crippen LogP contribution in [0.25, 0.3) is 0 Å². The quantitative estimate of drug-likeness (QED) is 0.0261. The van der Waals surface area contributed by atoms with Crippen LogP contribution in [-0.2, 0) is 28.6 Å². The lowest BCUT2D eigenvalue weighted by Crippen LogP contribution is -2.30. The van der Waals surface area contributed by atoms with E-state index in [2.05, 4.69) is 191 Å². The predicted octanol–water partition coefficient (Wildman–Crippen LogP) is 19.9. The van der Waals surface area contributed by atoms with Crippen molar-refractivity contribution in [1.29, 1.82) is 0 Å². The van der Waals surface area contributed by atoms with E-state index in [4.69, 9.17) is 14.2 Å². The zero-order chi connectivity index (χ0) is 53.6. The zero-order valence-corrected chi connectivity index (χ0v) is 47.0. The highest BCUT2D eigenvalue weighted by molar-refractivity contribution is 5.71. The van der Waals surface area contributed by atoms with E-state index in [9.17, 15) is 14.4 Å². The van der Waals surface area contributed by atoms with Gasteiger partial charge in [-0.3, -0.25) is 14.4 Å². The van der Waals surface area contributed by atoms with Gasteiger partial charge in [-0.2, -0.15) is 0 Å². The third kappa shape index (κ3) is 57.7. The second-order valence-corrected chi connectivity index (χ2v) is 18.4. The molecule has 0 aliphatic carbocycles. The molecular formula is C68H104O6. The number of hydrogen-bond acceptors (Lipinski definition) is 6. The molecule has 6 heteroatoms. The fraction of sp³-hybridized carbons (Fsp3) is 0.544. The van der Waals surface area contributed by atoms with Crippen LogP contribution >= 0.6 is 0 Å². The van der Waals surface area contributed by atoms with Crippen LogP contribution in [0, 0.1) is 0 Å². The van der Waals surface area contributed by atoms with Crippen molar-refractivity contribution in [3.05, 3.63) is 170 Å². The lowest BCUT2D eigenvalue weighted by Gasteiger charge is -2.18. The molecule has 0 aromatic heterocycles. The largest absolute Gasteiger partial charge is 0.462 e. The molecule has 6 nitrogen and oxygen atoms in total. The summed E-state index contributed by atoms with van der Waals surface area (Å²) in [6.45, 7) is 6.27. The summed E-state index contributed by atoms with van der Waals surface area (Å²) in [6, 6.07) is 0. The fourth-order valence-corrected chi connectivity index (χ4v) is 7.13. The smallest absolute Gasteiger partial charge is 0.306 e. The number of carbonyl (C=O) groups is 3. The van der Waals surface area contributed by atoms with Crippen LogP contribution in [-0.4, -0.2) is 37.2 Å². The van der Waals surface area contributed by atoms with E-state index in [1.54, 1.807) is 0 Å². The molecule has 0 fully saturated rings. The van der Waals surface area contributed by atoms with Crippen LogP contribution in [0.1, 0.15) is 220 Å². The summed E-state index contributed by atoms with van der Waals surface area (Å²) < 4.78 is 16.8. The fourth-order valence-electron chi connectivity index (χ4n) is 7.13. The summed E-state index contributed by atoms with van der Waals surface area (Å²) in [5.74, 6) is -1.05. The Morgan fingerprint density at radius 1 is 0.284 bits per heavy atom. The molecule has 0 radical (unpaired) electrons. The Balaban J connectivity index is 4.58. The van der Waals surface area contributed by atoms with Crippen molar-refractivity contribution in [3.63, 3.8) is 0 Å². The number of carbonyl (C=O) groups excluding carboxylic acids is 3. The first-order valence-electron chi connectivity index (χ1n) is 29.1. The Hall–Kier alpha value is -5.23. The Kier molecular flexibility index (Phi) is 56.1. The Morgan fingerprint density at radius 3 is 0.919 bits per heavy atom. The molecule has 0 aliphatic heterocycles. The lowest BCUT2D eigenvalue weighted by molar-refractivity contribution is -0.167. The molecule has 0 bridgehead atoms. The van der Waals surface area contributed by atoms with Gasteiger partial charge in [-0.05, 0) is 148 Å². The number of rotatable bonds is 50. The number of ether oxygens (including phenoxy) is 3. The number of unbranched alkanes of at least 4 members (excludes halogenated alkanes) is 11. The molecule has 0 heterocycles. The van der Waals surface area contributed by atoms with E-state index in [1.165, 1.54) is 32.1 Å². The van der Waals surface area contributed by atoms with Crippen LogP contribution in [0.2, 0.25) is 0 Å². The molecule has 0 aliphatic rings. The van der Waals surface area contributed by atoms with Gasteiger partial charge in [-0.25, -0.2) is 0 Å². The molecule has 0 aromatic rings. The minimum Gasteiger partial charge on any atom is -0.462 e. The van der Waals surface area contributed by atoms with Gasteiger partial charge in [-0.1, -0.05) is 223 Å².